The molecule has 7 heterocycles. The molecule has 55 nitrogen and oxygen atoms in total. The lowest BCUT2D eigenvalue weighted by Gasteiger charge is -2.53. The summed E-state index contributed by atoms with van der Waals surface area (Å²) in [6.07, 6.45) is -99.9. The van der Waals surface area contributed by atoms with Gasteiger partial charge in [0.15, 0.2) is 37.7 Å². The van der Waals surface area contributed by atoms with E-state index in [1.165, 1.54) is 0 Å². The van der Waals surface area contributed by atoms with E-state index >= 15 is 0 Å². The summed E-state index contributed by atoms with van der Waals surface area (Å²) in [7, 11) is -23.5. The van der Waals surface area contributed by atoms with E-state index in [9.17, 15) is 170 Å². The second kappa shape index (κ2) is 40.5. The fraction of sp³-hybridized carbons (Fsp3) is 0.980. The van der Waals surface area contributed by atoms with Crippen LogP contribution in [0.1, 0.15) is 6.42 Å². The number of phosphoric acid groups is 4. The molecule has 0 aromatic rings. The number of carboxylic acid groups (broad SMARTS) is 1. The number of ether oxygens (including phenoxy) is 13. The monoisotopic (exact) mass is 1710 g/mol. The molecule has 7 fully saturated rings. The van der Waals surface area contributed by atoms with Gasteiger partial charge in [0, 0.05) is 19.5 Å². The first-order valence-electron chi connectivity index (χ1n) is 32.8. The number of rotatable bonds is 38. The van der Waals surface area contributed by atoms with E-state index in [-0.39, 0.29) is 0 Å². The Hall–Kier alpha value is -1.57. The maximum absolute atomic E-state index is 13.7. The number of aliphatic hydroxyl groups is 23. The van der Waals surface area contributed by atoms with Crippen molar-refractivity contribution >= 4 is 37.3 Å². The molecule has 33 N–H and O–H groups in total. The topological polar surface area (TPSA) is 899 Å². The van der Waals surface area contributed by atoms with Gasteiger partial charge in [-0.25, -0.2) is 23.1 Å². The number of aliphatic carboxylic acids is 1. The average molecular weight is 1710 g/mol. The Morgan fingerprint density at radius 3 is 1.32 bits per heavy atom. The zero-order valence-corrected chi connectivity index (χ0v) is 60.1. The standard InChI is InChI=1S/C51H94N2O53P4/c52-1-3-88-108(82,83)105-19(11-59)37-32(74)39(98-46-31(73)26(68)23(65)20(93-46)12-90-107(79,80)81)43(102-48-41(28(70)27(69)34(94-48)13(60)6-54)100-44-29(71)24(66)21(63)17(9-57)91-44)49(96-37)99-40-33(75)47(95-35(14(61)7-55)42(40)101-45-30(72)25(67)22(64)18(10-58)92-45)97-38-16(104-110(86,87)106-109(84,85)89-4-2-53)5-51(78,50(76)77)103-36(38)15(62)8-56/h13-49,54-75,78H,1-12,52-53H2,(H,76,77)(H,82,83)(H,84,85)(H,86,87)(H2,79,80,81)/t13-,14-,15+,16+,17+,18+,19-,20+,21+,22+,23+,24-,25-,26-,27-,28-,29+,30+,31+,32+,33-,34+,35+,36+,37+,38+,39-,40+,41-,42+,43-,44-,45-,46+,47+,48+,49+,51+/m0/s1. The highest BCUT2D eigenvalue weighted by Gasteiger charge is 2.64. The van der Waals surface area contributed by atoms with Crippen LogP contribution in [-0.4, -0.2) is 458 Å². The van der Waals surface area contributed by atoms with E-state index in [1.807, 2.05) is 0 Å². The minimum atomic E-state index is -6.39. The summed E-state index contributed by atoms with van der Waals surface area (Å²) in [4.78, 5) is 64.2. The van der Waals surface area contributed by atoms with Gasteiger partial charge in [-0.15, -0.1) is 0 Å². The fourth-order valence-electron chi connectivity index (χ4n) is 12.2. The molecule has 0 bridgehead atoms. The highest BCUT2D eigenvalue weighted by Crippen LogP contribution is 2.62. The molecule has 7 aliphatic heterocycles. The number of hydrogen-bond acceptors (Lipinski definition) is 49. The van der Waals surface area contributed by atoms with Crippen LogP contribution < -0.4 is 11.5 Å². The number of nitrogens with two attached hydrogens (primary N) is 2. The Morgan fingerprint density at radius 2 is 0.827 bits per heavy atom. The van der Waals surface area contributed by atoms with E-state index in [2.05, 4.69) is 13.4 Å². The van der Waals surface area contributed by atoms with E-state index in [1.54, 1.807) is 0 Å². The number of carbonyl (C=O) groups is 1. The zero-order chi connectivity index (χ0) is 82.4. The van der Waals surface area contributed by atoms with Gasteiger partial charge in [0.05, 0.1) is 59.5 Å². The average Bonchev–Trinajstić information content (AvgIpc) is 0.751. The molecule has 41 atom stereocenters. The van der Waals surface area contributed by atoms with Crippen molar-refractivity contribution in [2.24, 2.45) is 11.5 Å². The quantitative estimate of drug-likeness (QED) is 0.0255. The third-order valence-corrected chi connectivity index (χ3v) is 22.0. The van der Waals surface area contributed by atoms with Crippen LogP contribution in [0.25, 0.3) is 0 Å². The maximum atomic E-state index is 13.7. The normalized spacial score (nSPS) is 44.5. The molecule has 646 valence electrons. The summed E-state index contributed by atoms with van der Waals surface area (Å²) >= 11 is 0. The van der Waals surface area contributed by atoms with Crippen molar-refractivity contribution in [1.82, 2.24) is 0 Å². The number of carboxylic acids is 1. The molecule has 0 spiro atoms. The van der Waals surface area contributed by atoms with Crippen molar-refractivity contribution in [1.29, 1.82) is 0 Å². The Balaban J connectivity index is 1.52. The Morgan fingerprint density at radius 1 is 0.418 bits per heavy atom. The summed E-state index contributed by atoms with van der Waals surface area (Å²) in [5, 5.41) is 268. The lowest BCUT2D eigenvalue weighted by atomic mass is 9.91. The van der Waals surface area contributed by atoms with Crippen LogP contribution in [0.15, 0.2) is 0 Å². The molecule has 0 saturated carbocycles. The molecule has 7 aliphatic rings. The van der Waals surface area contributed by atoms with Gasteiger partial charge in [0.1, 0.15) is 189 Å². The molecular weight excluding hydrogens is 1610 g/mol. The number of hydrogen-bond donors (Lipinski definition) is 31. The van der Waals surface area contributed by atoms with Crippen LogP contribution in [0.2, 0.25) is 0 Å². The lowest BCUT2D eigenvalue weighted by molar-refractivity contribution is -0.427. The van der Waals surface area contributed by atoms with Crippen LogP contribution in [0, 0.1) is 0 Å². The van der Waals surface area contributed by atoms with Gasteiger partial charge in [0.25, 0.3) is 5.79 Å². The van der Waals surface area contributed by atoms with Crippen molar-refractivity contribution in [2.45, 2.75) is 239 Å². The second-order valence-corrected chi connectivity index (χ2v) is 31.1. The number of aliphatic hydroxyl groups excluding tert-OH is 22. The summed E-state index contributed by atoms with van der Waals surface area (Å²) in [5.41, 5.74) is 10.7. The third kappa shape index (κ3) is 23.1. The SMILES string of the molecule is NCCOP(=O)(O)O[C@@H](CO)[C@H]1O[C@H](O[C@@H]2[C@H](O)[C@@H](O[C@H]3[C@@H]([C@H](O)CO)O[C@@](O)(C(=O)O)C[C@H]3OP(=O)(O)OP(=O)(O)OCCN)O[C@H]([C@@H](O)CO)[C@H]2O[C@@H]2O[C@H](CO)[C@@H](O)[C@H](O)[C@H]2O)[C@@H](O[C@H]2O[C@H]([C@@H](O)CO)[C@@H](O)[C@H](O)[C@@H]2O[C@@H]2O[C@H](CO)[C@@H](O)[C@H](O)[C@H]2O)[C@@H](O[C@H]2O[C@H](COP(=O)(O)O)[C@@H](O)[C@H](O)[C@H]2O)[C@@H]1O. The van der Waals surface area contributed by atoms with Gasteiger partial charge < -0.3 is 220 Å². The van der Waals surface area contributed by atoms with Crippen molar-refractivity contribution in [3.63, 3.8) is 0 Å². The number of phosphoric ester groups is 4. The molecule has 110 heavy (non-hydrogen) atoms. The van der Waals surface area contributed by atoms with Gasteiger partial charge in [0.2, 0.25) is 0 Å². The van der Waals surface area contributed by atoms with Crippen molar-refractivity contribution in [3.05, 3.63) is 0 Å². The van der Waals surface area contributed by atoms with E-state index < -0.39 is 349 Å². The summed E-state index contributed by atoms with van der Waals surface area (Å²) in [5.74, 6) is -6.23. The van der Waals surface area contributed by atoms with E-state index in [0.29, 0.717) is 0 Å². The molecule has 0 aliphatic carbocycles. The molecule has 0 radical (unpaired) electrons. The predicted octanol–water partition coefficient (Wildman–Crippen LogP) is -17.9. The Kier molecular flexibility index (Phi) is 35.2. The van der Waals surface area contributed by atoms with Crippen molar-refractivity contribution in [2.75, 3.05) is 72.6 Å². The predicted molar refractivity (Wildman–Crippen MR) is 330 cm³/mol. The van der Waals surface area contributed by atoms with Gasteiger partial charge in [-0.2, -0.15) is 4.31 Å². The lowest BCUT2D eigenvalue weighted by Crippen LogP contribution is -2.71. The zero-order valence-electron chi connectivity index (χ0n) is 56.6. The molecular formula is C51H94N2O53P4. The van der Waals surface area contributed by atoms with Crippen LogP contribution in [0.4, 0.5) is 0 Å². The van der Waals surface area contributed by atoms with Crippen LogP contribution in [-0.2, 0) is 112 Å². The van der Waals surface area contributed by atoms with Crippen LogP contribution in [0.5, 0.6) is 0 Å². The largest absolute Gasteiger partial charge is 0.481 e. The summed E-state index contributed by atoms with van der Waals surface area (Å²) in [6.45, 7) is -13.1. The molecule has 59 heteroatoms. The fourth-order valence-corrected chi connectivity index (χ4v) is 15.8. The molecule has 0 aromatic heterocycles. The first-order chi connectivity index (χ1) is 51.3. The third-order valence-electron chi connectivity index (χ3n) is 17.8. The van der Waals surface area contributed by atoms with Crippen LogP contribution in [0.3, 0.4) is 0 Å². The minimum absolute atomic E-state index is 0.554. The van der Waals surface area contributed by atoms with Gasteiger partial charge in [-0.05, 0) is 0 Å². The summed E-state index contributed by atoms with van der Waals surface area (Å²) in [6, 6.07) is 0. The first kappa shape index (κ1) is 95.6. The molecule has 3 unspecified atom stereocenters. The van der Waals surface area contributed by atoms with Gasteiger partial charge in [-0.1, -0.05) is 0 Å². The van der Waals surface area contributed by atoms with E-state index in [4.69, 9.17) is 86.6 Å². The maximum Gasteiger partial charge on any atom is 0.481 e. The highest BCUT2D eigenvalue weighted by molar-refractivity contribution is 7.61. The molecule has 0 aromatic carbocycles. The van der Waals surface area contributed by atoms with Crippen molar-refractivity contribution < 1.29 is 259 Å². The molecule has 7 saturated heterocycles. The Bertz CT molecular complexity index is 3050. The van der Waals surface area contributed by atoms with Gasteiger partial charge in [-0.3, -0.25) is 22.6 Å². The van der Waals surface area contributed by atoms with Crippen LogP contribution >= 0.6 is 31.3 Å². The smallest absolute Gasteiger partial charge is 0.477 e. The Labute approximate surface area is 617 Å². The molecule has 7 rings (SSSR count). The second-order valence-electron chi connectivity index (χ2n) is 25.5. The van der Waals surface area contributed by atoms with Gasteiger partial charge >= 0.3 is 37.3 Å². The van der Waals surface area contributed by atoms with E-state index in [0.717, 1.165) is 0 Å². The highest BCUT2D eigenvalue weighted by atomic mass is 31.3. The van der Waals surface area contributed by atoms with Crippen molar-refractivity contribution in [3.8, 4) is 0 Å². The molecule has 0 amide bonds. The minimum Gasteiger partial charge on any atom is -0.477 e. The summed E-state index contributed by atoms with van der Waals surface area (Å²) < 4.78 is 157. The first-order valence-corrected chi connectivity index (χ1v) is 38.8.